The second-order valence-corrected chi connectivity index (χ2v) is 4.70. The third-order valence-electron chi connectivity index (χ3n) is 2.34. The van der Waals surface area contributed by atoms with E-state index in [-0.39, 0.29) is 12.1 Å². The maximum atomic E-state index is 9.17. The summed E-state index contributed by atoms with van der Waals surface area (Å²) in [6.07, 6.45) is -0.169. The molecule has 0 bridgehead atoms. The maximum Gasteiger partial charge on any atom is 0.159 e. The molecule has 0 aromatic carbocycles. The molecule has 1 fully saturated rings. The Morgan fingerprint density at radius 1 is 1.60 bits per heavy atom. The van der Waals surface area contributed by atoms with Gasteiger partial charge >= 0.3 is 0 Å². The summed E-state index contributed by atoms with van der Waals surface area (Å²) in [5.41, 5.74) is 0. The van der Waals surface area contributed by atoms with Crippen molar-refractivity contribution in [2.45, 2.75) is 12.1 Å². The van der Waals surface area contributed by atoms with Crippen molar-refractivity contribution < 1.29 is 14.6 Å². The molecule has 15 heavy (non-hydrogen) atoms. The highest BCUT2D eigenvalue weighted by Crippen LogP contribution is 2.24. The van der Waals surface area contributed by atoms with E-state index in [1.165, 1.54) is 0 Å². The minimum Gasteiger partial charge on any atom is -0.389 e. The third kappa shape index (κ3) is 2.84. The summed E-state index contributed by atoms with van der Waals surface area (Å²) in [5.74, 6) is 0.964. The largest absolute Gasteiger partial charge is 0.389 e. The van der Waals surface area contributed by atoms with Gasteiger partial charge in [-0.1, -0.05) is 11.8 Å². The van der Waals surface area contributed by atoms with Crippen LogP contribution in [-0.2, 0) is 9.47 Å². The van der Waals surface area contributed by atoms with Crippen LogP contribution in [-0.4, -0.2) is 66.7 Å². The van der Waals surface area contributed by atoms with E-state index in [1.807, 2.05) is 0 Å². The molecular weight excluding hydrogens is 216 g/mol. The lowest BCUT2D eigenvalue weighted by atomic mass is 10.2. The summed E-state index contributed by atoms with van der Waals surface area (Å²) < 4.78 is 10.1. The molecule has 1 saturated heterocycles. The molecule has 5 nitrogen and oxygen atoms in total. The SMILES string of the molecule is COCOC[C@@H]1CSC(N2CC(O)C2)=N1. The van der Waals surface area contributed by atoms with Gasteiger partial charge in [0.15, 0.2) is 5.17 Å². The predicted molar refractivity (Wildman–Crippen MR) is 59.1 cm³/mol. The Bertz CT molecular complexity index is 244. The Labute approximate surface area is 93.4 Å². The fourth-order valence-corrected chi connectivity index (χ4v) is 2.61. The van der Waals surface area contributed by atoms with Crippen LogP contribution in [0, 0.1) is 0 Å². The van der Waals surface area contributed by atoms with E-state index < -0.39 is 0 Å². The second-order valence-electron chi connectivity index (χ2n) is 3.71. The molecule has 0 amide bonds. The molecule has 0 spiro atoms. The van der Waals surface area contributed by atoms with E-state index in [4.69, 9.17) is 9.47 Å². The van der Waals surface area contributed by atoms with Crippen LogP contribution < -0.4 is 0 Å². The van der Waals surface area contributed by atoms with E-state index >= 15 is 0 Å². The highest BCUT2D eigenvalue weighted by molar-refractivity contribution is 8.14. The number of β-amino-alcohol motifs (C(OH)–C–C–N with tert-alkyl or cyclic N) is 1. The number of aliphatic hydroxyl groups is 1. The van der Waals surface area contributed by atoms with E-state index in [0.717, 1.165) is 24.0 Å². The van der Waals surface area contributed by atoms with E-state index in [1.54, 1.807) is 18.9 Å². The Morgan fingerprint density at radius 2 is 2.40 bits per heavy atom. The topological polar surface area (TPSA) is 54.3 Å². The van der Waals surface area contributed by atoms with Gasteiger partial charge in [-0.2, -0.15) is 0 Å². The van der Waals surface area contributed by atoms with Crippen molar-refractivity contribution in [3.63, 3.8) is 0 Å². The highest BCUT2D eigenvalue weighted by atomic mass is 32.2. The fourth-order valence-electron chi connectivity index (χ4n) is 1.54. The van der Waals surface area contributed by atoms with E-state index in [0.29, 0.717) is 13.4 Å². The zero-order valence-corrected chi connectivity index (χ0v) is 9.57. The minimum atomic E-state index is -0.169. The van der Waals surface area contributed by atoms with Crippen molar-refractivity contribution in [2.24, 2.45) is 4.99 Å². The summed E-state index contributed by atoms with van der Waals surface area (Å²) >= 11 is 1.74. The van der Waals surface area contributed by atoms with Crippen LogP contribution in [0.3, 0.4) is 0 Å². The normalized spacial score (nSPS) is 26.7. The molecule has 2 heterocycles. The number of likely N-dealkylation sites (tertiary alicyclic amines) is 1. The van der Waals surface area contributed by atoms with Crippen molar-refractivity contribution in [3.05, 3.63) is 0 Å². The summed E-state index contributed by atoms with van der Waals surface area (Å²) in [6, 6.07) is 0.234. The molecule has 0 aromatic rings. The number of aliphatic imine (C=N–C) groups is 1. The molecule has 86 valence electrons. The van der Waals surface area contributed by atoms with Gasteiger partial charge in [-0.15, -0.1) is 0 Å². The van der Waals surface area contributed by atoms with Crippen LogP contribution in [0.1, 0.15) is 0 Å². The number of methoxy groups -OCH3 is 1. The van der Waals surface area contributed by atoms with E-state index in [9.17, 15) is 5.11 Å². The average Bonchev–Trinajstić information content (AvgIpc) is 2.62. The summed E-state index contributed by atoms with van der Waals surface area (Å²) in [4.78, 5) is 6.63. The van der Waals surface area contributed by atoms with Crippen LogP contribution in [0.5, 0.6) is 0 Å². The first-order chi connectivity index (χ1) is 7.29. The molecule has 0 aromatic heterocycles. The monoisotopic (exact) mass is 232 g/mol. The van der Waals surface area contributed by atoms with Gasteiger partial charge in [-0.3, -0.25) is 4.99 Å². The lowest BCUT2D eigenvalue weighted by Gasteiger charge is -2.36. The zero-order valence-electron chi connectivity index (χ0n) is 8.76. The van der Waals surface area contributed by atoms with Crippen LogP contribution in [0.2, 0.25) is 0 Å². The number of aliphatic hydroxyl groups excluding tert-OH is 1. The zero-order chi connectivity index (χ0) is 10.7. The van der Waals surface area contributed by atoms with Gasteiger partial charge in [0.05, 0.1) is 18.8 Å². The second kappa shape index (κ2) is 5.16. The number of rotatable bonds is 4. The lowest BCUT2D eigenvalue weighted by Crippen LogP contribution is -2.52. The summed E-state index contributed by atoms with van der Waals surface area (Å²) in [5, 5.41) is 10.2. The van der Waals surface area contributed by atoms with Crippen LogP contribution in [0.25, 0.3) is 0 Å². The van der Waals surface area contributed by atoms with Gasteiger partial charge in [0.25, 0.3) is 0 Å². The van der Waals surface area contributed by atoms with Crippen molar-refractivity contribution in [1.82, 2.24) is 4.90 Å². The quantitative estimate of drug-likeness (QED) is 0.535. The third-order valence-corrected chi connectivity index (χ3v) is 3.52. The Balaban J connectivity index is 1.71. The van der Waals surface area contributed by atoms with Crippen LogP contribution >= 0.6 is 11.8 Å². The van der Waals surface area contributed by atoms with Gasteiger partial charge in [0.2, 0.25) is 0 Å². The van der Waals surface area contributed by atoms with Crippen molar-refractivity contribution in [2.75, 3.05) is 39.4 Å². The highest BCUT2D eigenvalue weighted by Gasteiger charge is 2.31. The first-order valence-corrected chi connectivity index (χ1v) is 5.98. The smallest absolute Gasteiger partial charge is 0.159 e. The molecule has 2 aliphatic rings. The molecule has 1 N–H and O–H groups in total. The molecule has 2 aliphatic heterocycles. The molecule has 6 heteroatoms. The summed E-state index contributed by atoms with van der Waals surface area (Å²) in [7, 11) is 1.61. The predicted octanol–water partition coefficient (Wildman–Crippen LogP) is -0.245. The van der Waals surface area contributed by atoms with E-state index in [2.05, 4.69) is 9.89 Å². The summed E-state index contributed by atoms with van der Waals surface area (Å²) in [6.45, 7) is 2.38. The number of thioether (sulfide) groups is 1. The number of ether oxygens (including phenoxy) is 2. The molecule has 2 rings (SSSR count). The number of amidine groups is 1. The number of hydrogen-bond donors (Lipinski definition) is 1. The Hall–Kier alpha value is -0.300. The Morgan fingerprint density at radius 3 is 3.07 bits per heavy atom. The van der Waals surface area contributed by atoms with Gasteiger partial charge in [0, 0.05) is 26.0 Å². The lowest BCUT2D eigenvalue weighted by molar-refractivity contribution is -0.0331. The first-order valence-electron chi connectivity index (χ1n) is 5.00. The van der Waals surface area contributed by atoms with Crippen LogP contribution in [0.15, 0.2) is 4.99 Å². The maximum absolute atomic E-state index is 9.17. The van der Waals surface area contributed by atoms with Crippen molar-refractivity contribution >= 4 is 16.9 Å². The first kappa shape index (κ1) is 11.2. The van der Waals surface area contributed by atoms with Gasteiger partial charge in [-0.25, -0.2) is 0 Å². The molecule has 0 radical (unpaired) electrons. The molecule has 1 atom stereocenters. The van der Waals surface area contributed by atoms with Gasteiger partial charge in [0.1, 0.15) is 6.79 Å². The fraction of sp³-hybridized carbons (Fsp3) is 0.889. The molecular formula is C9H16N2O3S. The number of hydrogen-bond acceptors (Lipinski definition) is 6. The Kier molecular flexibility index (Phi) is 3.85. The molecule has 0 saturated carbocycles. The minimum absolute atomic E-state index is 0.169. The van der Waals surface area contributed by atoms with Crippen molar-refractivity contribution in [1.29, 1.82) is 0 Å². The number of nitrogens with zero attached hydrogens (tertiary/aromatic N) is 2. The molecule has 0 aliphatic carbocycles. The average molecular weight is 232 g/mol. The van der Waals surface area contributed by atoms with Gasteiger partial charge < -0.3 is 19.5 Å². The standard InChI is InChI=1S/C9H16N2O3S/c1-13-6-14-4-7-5-15-9(10-7)11-2-8(12)3-11/h7-8,12H,2-6H2,1H3/t7-/m1/s1. The molecule has 0 unspecified atom stereocenters. The van der Waals surface area contributed by atoms with Crippen molar-refractivity contribution in [3.8, 4) is 0 Å². The van der Waals surface area contributed by atoms with Crippen LogP contribution in [0.4, 0.5) is 0 Å². The van der Waals surface area contributed by atoms with Gasteiger partial charge in [-0.05, 0) is 0 Å².